The zero-order chi connectivity index (χ0) is 19.2. The van der Waals surface area contributed by atoms with E-state index >= 15 is 0 Å². The van der Waals surface area contributed by atoms with Crippen molar-refractivity contribution in [2.75, 3.05) is 25.1 Å². The third-order valence-electron chi connectivity index (χ3n) is 3.76. The first kappa shape index (κ1) is 18.1. The molecular weight excluding hydrogens is 348 g/mol. The number of nitrogens with zero attached hydrogens (tertiary/aromatic N) is 1. The molecular formula is C20H18N2O5. The number of carbonyl (C=O) groups excluding carboxylic acids is 1. The largest absolute Gasteiger partial charge is 0.504 e. The molecule has 1 heterocycles. The van der Waals surface area contributed by atoms with Crippen molar-refractivity contribution in [2.45, 2.75) is 6.92 Å². The van der Waals surface area contributed by atoms with Gasteiger partial charge in [-0.25, -0.2) is 0 Å². The minimum Gasteiger partial charge on any atom is -0.504 e. The maximum Gasteiger partial charge on any atom is 0.266 e. The number of anilines is 1. The first-order valence-corrected chi connectivity index (χ1v) is 8.39. The summed E-state index contributed by atoms with van der Waals surface area (Å²) < 4.78 is 16.2. The van der Waals surface area contributed by atoms with Gasteiger partial charge in [0.05, 0.1) is 6.61 Å². The SMILES string of the molecule is CCOc1cc(C=C(C#N)C(=O)Nc2ccc3c(c2)OCCO3)ccc1O. The van der Waals surface area contributed by atoms with Crippen LogP contribution >= 0.6 is 0 Å². The van der Waals surface area contributed by atoms with E-state index in [1.54, 1.807) is 37.3 Å². The van der Waals surface area contributed by atoms with Crippen LogP contribution in [0.25, 0.3) is 6.08 Å². The lowest BCUT2D eigenvalue weighted by molar-refractivity contribution is -0.112. The van der Waals surface area contributed by atoms with Crippen LogP contribution < -0.4 is 19.5 Å². The quantitative estimate of drug-likeness (QED) is 0.623. The smallest absolute Gasteiger partial charge is 0.266 e. The van der Waals surface area contributed by atoms with Crippen molar-refractivity contribution >= 4 is 17.7 Å². The summed E-state index contributed by atoms with van der Waals surface area (Å²) in [7, 11) is 0. The Hall–Kier alpha value is -3.66. The number of phenols is 1. The summed E-state index contributed by atoms with van der Waals surface area (Å²) in [5.41, 5.74) is 0.967. The van der Waals surface area contributed by atoms with Crippen LogP contribution in [0.3, 0.4) is 0 Å². The summed E-state index contributed by atoms with van der Waals surface area (Å²) >= 11 is 0. The van der Waals surface area contributed by atoms with Gasteiger partial charge in [0.1, 0.15) is 24.9 Å². The van der Waals surface area contributed by atoms with Crippen LogP contribution in [-0.4, -0.2) is 30.8 Å². The Kier molecular flexibility index (Phi) is 5.47. The second-order valence-corrected chi connectivity index (χ2v) is 5.64. The van der Waals surface area contributed by atoms with E-state index in [1.165, 1.54) is 12.1 Å². The van der Waals surface area contributed by atoms with Crippen molar-refractivity contribution in [1.82, 2.24) is 0 Å². The van der Waals surface area contributed by atoms with Gasteiger partial charge in [0.25, 0.3) is 5.91 Å². The highest BCUT2D eigenvalue weighted by Gasteiger charge is 2.15. The number of ether oxygens (including phenoxy) is 3. The lowest BCUT2D eigenvalue weighted by Gasteiger charge is -2.18. The number of hydrogen-bond donors (Lipinski definition) is 2. The van der Waals surface area contributed by atoms with Crippen molar-refractivity contribution < 1.29 is 24.1 Å². The molecule has 2 N–H and O–H groups in total. The summed E-state index contributed by atoms with van der Waals surface area (Å²) in [6.45, 7) is 3.10. The Labute approximate surface area is 156 Å². The van der Waals surface area contributed by atoms with Crippen molar-refractivity contribution in [3.8, 4) is 29.1 Å². The zero-order valence-corrected chi connectivity index (χ0v) is 14.7. The maximum absolute atomic E-state index is 12.4. The number of rotatable bonds is 5. The van der Waals surface area contributed by atoms with Gasteiger partial charge in [-0.2, -0.15) is 5.26 Å². The molecule has 1 aliphatic rings. The Morgan fingerprint density at radius 3 is 2.78 bits per heavy atom. The van der Waals surface area contributed by atoms with Crippen molar-refractivity contribution in [1.29, 1.82) is 5.26 Å². The number of hydrogen-bond acceptors (Lipinski definition) is 6. The summed E-state index contributed by atoms with van der Waals surface area (Å²) in [6.07, 6.45) is 1.43. The summed E-state index contributed by atoms with van der Waals surface area (Å²) in [5, 5.41) is 21.8. The van der Waals surface area contributed by atoms with Crippen LogP contribution in [0, 0.1) is 11.3 Å². The molecule has 2 aromatic carbocycles. The lowest BCUT2D eigenvalue weighted by atomic mass is 10.1. The normalized spacial score (nSPS) is 12.8. The molecule has 0 aromatic heterocycles. The fraction of sp³-hybridized carbons (Fsp3) is 0.200. The van der Waals surface area contributed by atoms with Crippen LogP contribution in [0.2, 0.25) is 0 Å². The molecule has 1 aliphatic heterocycles. The Bertz CT molecular complexity index is 930. The van der Waals surface area contributed by atoms with E-state index in [0.29, 0.717) is 42.6 Å². The van der Waals surface area contributed by atoms with Crippen LogP contribution in [0.15, 0.2) is 42.0 Å². The highest BCUT2D eigenvalue weighted by molar-refractivity contribution is 6.09. The molecule has 0 saturated carbocycles. The van der Waals surface area contributed by atoms with Gasteiger partial charge in [-0.15, -0.1) is 0 Å². The predicted octanol–water partition coefficient (Wildman–Crippen LogP) is 3.11. The standard InChI is InChI=1S/C20H18N2O5/c1-2-25-18-10-13(3-5-16(18)23)9-14(12-21)20(24)22-15-4-6-17-19(11-15)27-8-7-26-17/h3-6,9-11,23H,2,7-8H2,1H3,(H,22,24). The molecule has 0 radical (unpaired) electrons. The molecule has 7 nitrogen and oxygen atoms in total. The van der Waals surface area contributed by atoms with Gasteiger partial charge in [-0.3, -0.25) is 4.79 Å². The highest BCUT2D eigenvalue weighted by atomic mass is 16.6. The molecule has 7 heteroatoms. The Morgan fingerprint density at radius 2 is 2.04 bits per heavy atom. The maximum atomic E-state index is 12.4. The first-order chi connectivity index (χ1) is 13.1. The number of amides is 1. The molecule has 0 spiro atoms. The van der Waals surface area contributed by atoms with E-state index in [9.17, 15) is 15.2 Å². The number of phenolic OH excluding ortho intramolecular Hbond substituents is 1. The summed E-state index contributed by atoms with van der Waals surface area (Å²) in [6, 6.07) is 11.5. The molecule has 2 aromatic rings. The fourth-order valence-corrected chi connectivity index (χ4v) is 2.53. The molecule has 3 rings (SSSR count). The summed E-state index contributed by atoms with van der Waals surface area (Å²) in [5.74, 6) is 0.883. The van der Waals surface area contributed by atoms with Crippen LogP contribution in [0.4, 0.5) is 5.69 Å². The second kappa shape index (κ2) is 8.15. The summed E-state index contributed by atoms with van der Waals surface area (Å²) in [4.78, 5) is 12.4. The molecule has 0 bridgehead atoms. The number of nitriles is 1. The van der Waals surface area contributed by atoms with Crippen molar-refractivity contribution in [3.05, 3.63) is 47.5 Å². The average molecular weight is 366 g/mol. The van der Waals surface area contributed by atoms with Gasteiger partial charge in [0.2, 0.25) is 0 Å². The fourth-order valence-electron chi connectivity index (χ4n) is 2.53. The zero-order valence-electron chi connectivity index (χ0n) is 14.7. The number of nitrogens with one attached hydrogen (secondary N) is 1. The average Bonchev–Trinajstić information content (AvgIpc) is 2.68. The van der Waals surface area contributed by atoms with Crippen molar-refractivity contribution in [3.63, 3.8) is 0 Å². The van der Waals surface area contributed by atoms with Gasteiger partial charge in [0, 0.05) is 11.8 Å². The Balaban J connectivity index is 1.79. The molecule has 1 amide bonds. The topological polar surface area (TPSA) is 101 Å². The number of carbonyl (C=O) groups is 1. The number of fused-ring (bicyclic) bond motifs is 1. The molecule has 138 valence electrons. The second-order valence-electron chi connectivity index (χ2n) is 5.64. The molecule has 0 unspecified atom stereocenters. The van der Waals surface area contributed by atoms with Gasteiger partial charge >= 0.3 is 0 Å². The van der Waals surface area contributed by atoms with E-state index in [-0.39, 0.29) is 17.1 Å². The van der Waals surface area contributed by atoms with Gasteiger partial charge in [0.15, 0.2) is 23.0 Å². The van der Waals surface area contributed by atoms with Crippen molar-refractivity contribution in [2.24, 2.45) is 0 Å². The third-order valence-corrected chi connectivity index (χ3v) is 3.76. The van der Waals surface area contributed by atoms with E-state index in [0.717, 1.165) is 0 Å². The highest BCUT2D eigenvalue weighted by Crippen LogP contribution is 2.33. The monoisotopic (exact) mass is 366 g/mol. The predicted molar refractivity (Wildman–Crippen MR) is 98.9 cm³/mol. The van der Waals surface area contributed by atoms with E-state index < -0.39 is 5.91 Å². The van der Waals surface area contributed by atoms with Crippen LogP contribution in [0.5, 0.6) is 23.0 Å². The van der Waals surface area contributed by atoms with E-state index in [4.69, 9.17) is 14.2 Å². The molecule has 27 heavy (non-hydrogen) atoms. The molecule has 0 aliphatic carbocycles. The third kappa shape index (κ3) is 4.30. The molecule has 0 fully saturated rings. The van der Waals surface area contributed by atoms with Gasteiger partial charge < -0.3 is 24.6 Å². The minimum atomic E-state index is -0.555. The van der Waals surface area contributed by atoms with Crippen LogP contribution in [0.1, 0.15) is 12.5 Å². The molecule has 0 saturated heterocycles. The van der Waals surface area contributed by atoms with Crippen LogP contribution in [-0.2, 0) is 4.79 Å². The minimum absolute atomic E-state index is 0.00626. The number of aromatic hydroxyl groups is 1. The molecule has 0 atom stereocenters. The lowest BCUT2D eigenvalue weighted by Crippen LogP contribution is -2.17. The van der Waals surface area contributed by atoms with E-state index in [2.05, 4.69) is 5.32 Å². The van der Waals surface area contributed by atoms with Gasteiger partial charge in [-0.05, 0) is 42.8 Å². The van der Waals surface area contributed by atoms with Gasteiger partial charge in [-0.1, -0.05) is 6.07 Å². The Morgan fingerprint density at radius 1 is 1.26 bits per heavy atom. The number of benzene rings is 2. The van der Waals surface area contributed by atoms with E-state index in [1.807, 2.05) is 6.07 Å². The first-order valence-electron chi connectivity index (χ1n) is 8.39.